The van der Waals surface area contributed by atoms with Crippen LogP contribution in [-0.2, 0) is 4.79 Å². The van der Waals surface area contributed by atoms with Gasteiger partial charge in [-0.05, 0) is 50.3 Å². The standard InChI is InChI=1S/C11H22N2OS/c1-12-6-2-3-11(14)13-9-10-4-7-15-8-5-10/h10,12H,2-9H2,1H3,(H,13,14). The molecule has 1 heterocycles. The zero-order valence-corrected chi connectivity index (χ0v) is 10.4. The van der Waals surface area contributed by atoms with E-state index < -0.39 is 0 Å². The van der Waals surface area contributed by atoms with Gasteiger partial charge in [-0.1, -0.05) is 0 Å². The van der Waals surface area contributed by atoms with Gasteiger partial charge in [0.1, 0.15) is 0 Å². The summed E-state index contributed by atoms with van der Waals surface area (Å²) in [5.74, 6) is 3.46. The molecule has 1 rings (SSSR count). The molecule has 2 N–H and O–H groups in total. The van der Waals surface area contributed by atoms with Gasteiger partial charge >= 0.3 is 0 Å². The summed E-state index contributed by atoms with van der Waals surface area (Å²) in [5, 5.41) is 6.08. The van der Waals surface area contributed by atoms with Crippen molar-refractivity contribution in [3.63, 3.8) is 0 Å². The maximum atomic E-state index is 11.4. The molecule has 0 aromatic heterocycles. The Labute approximate surface area is 96.8 Å². The third-order valence-corrected chi connectivity index (χ3v) is 3.81. The molecule has 0 aliphatic carbocycles. The van der Waals surface area contributed by atoms with Crippen LogP contribution >= 0.6 is 11.8 Å². The Kier molecular flexibility index (Phi) is 6.85. The lowest BCUT2D eigenvalue weighted by molar-refractivity contribution is -0.121. The zero-order chi connectivity index (χ0) is 10.9. The van der Waals surface area contributed by atoms with Gasteiger partial charge in [0.25, 0.3) is 0 Å². The van der Waals surface area contributed by atoms with Crippen LogP contribution in [0.25, 0.3) is 0 Å². The average Bonchev–Trinajstić information content (AvgIpc) is 2.28. The van der Waals surface area contributed by atoms with E-state index >= 15 is 0 Å². The van der Waals surface area contributed by atoms with Crippen LogP contribution in [0.3, 0.4) is 0 Å². The lowest BCUT2D eigenvalue weighted by atomic mass is 10.0. The lowest BCUT2D eigenvalue weighted by Gasteiger charge is -2.21. The highest BCUT2D eigenvalue weighted by Gasteiger charge is 2.14. The van der Waals surface area contributed by atoms with E-state index in [1.807, 2.05) is 18.8 Å². The predicted octanol–water partition coefficient (Wildman–Crippen LogP) is 1.25. The second kappa shape index (κ2) is 7.99. The van der Waals surface area contributed by atoms with Gasteiger partial charge in [0.15, 0.2) is 0 Å². The lowest BCUT2D eigenvalue weighted by Crippen LogP contribution is -2.31. The highest BCUT2D eigenvalue weighted by molar-refractivity contribution is 7.99. The number of hydrogen-bond acceptors (Lipinski definition) is 3. The molecular formula is C11H22N2OS. The highest BCUT2D eigenvalue weighted by Crippen LogP contribution is 2.21. The molecule has 1 saturated heterocycles. The maximum absolute atomic E-state index is 11.4. The molecule has 0 saturated carbocycles. The second-order valence-electron chi connectivity index (χ2n) is 4.07. The first-order valence-corrected chi connectivity index (χ1v) is 6.97. The first kappa shape index (κ1) is 12.8. The van der Waals surface area contributed by atoms with E-state index in [2.05, 4.69) is 10.6 Å². The second-order valence-corrected chi connectivity index (χ2v) is 5.29. The van der Waals surface area contributed by atoms with E-state index in [1.54, 1.807) is 0 Å². The molecule has 15 heavy (non-hydrogen) atoms. The number of carbonyl (C=O) groups is 1. The van der Waals surface area contributed by atoms with Gasteiger partial charge in [-0.15, -0.1) is 0 Å². The fourth-order valence-corrected chi connectivity index (χ4v) is 2.93. The summed E-state index contributed by atoms with van der Waals surface area (Å²) in [6.45, 7) is 1.81. The van der Waals surface area contributed by atoms with Crippen LogP contribution < -0.4 is 10.6 Å². The number of carbonyl (C=O) groups excluding carboxylic acids is 1. The van der Waals surface area contributed by atoms with Gasteiger partial charge in [-0.25, -0.2) is 0 Å². The van der Waals surface area contributed by atoms with Crippen LogP contribution in [0.15, 0.2) is 0 Å². The first-order chi connectivity index (χ1) is 7.33. The summed E-state index contributed by atoms with van der Waals surface area (Å²) in [5.41, 5.74) is 0. The molecule has 0 bridgehead atoms. The van der Waals surface area contributed by atoms with Crippen LogP contribution in [0.1, 0.15) is 25.7 Å². The SMILES string of the molecule is CNCCCC(=O)NCC1CCSCC1. The van der Waals surface area contributed by atoms with Gasteiger partial charge in [-0.3, -0.25) is 4.79 Å². The van der Waals surface area contributed by atoms with Gasteiger partial charge < -0.3 is 10.6 Å². The maximum Gasteiger partial charge on any atom is 0.220 e. The van der Waals surface area contributed by atoms with E-state index in [9.17, 15) is 4.79 Å². The fourth-order valence-electron chi connectivity index (χ4n) is 1.72. The Morgan fingerprint density at radius 3 is 2.80 bits per heavy atom. The molecule has 1 fully saturated rings. The van der Waals surface area contributed by atoms with Gasteiger partial charge in [0.05, 0.1) is 0 Å². The molecule has 0 aromatic rings. The topological polar surface area (TPSA) is 41.1 Å². The number of nitrogens with one attached hydrogen (secondary N) is 2. The quantitative estimate of drug-likeness (QED) is 0.675. The predicted molar refractivity (Wildman–Crippen MR) is 66.2 cm³/mol. The van der Waals surface area contributed by atoms with Gasteiger partial charge in [0, 0.05) is 13.0 Å². The minimum absolute atomic E-state index is 0.212. The Balaban J connectivity index is 2.00. The molecular weight excluding hydrogens is 208 g/mol. The first-order valence-electron chi connectivity index (χ1n) is 5.82. The molecule has 0 spiro atoms. The summed E-state index contributed by atoms with van der Waals surface area (Å²) in [7, 11) is 1.91. The van der Waals surface area contributed by atoms with Crippen LogP contribution in [-0.4, -0.2) is 37.6 Å². The Bertz CT molecular complexity index is 181. The van der Waals surface area contributed by atoms with Crippen molar-refractivity contribution in [3.8, 4) is 0 Å². The molecule has 1 aliphatic heterocycles. The van der Waals surface area contributed by atoms with Crippen molar-refractivity contribution >= 4 is 17.7 Å². The highest BCUT2D eigenvalue weighted by atomic mass is 32.2. The third-order valence-electron chi connectivity index (χ3n) is 2.76. The van der Waals surface area contributed by atoms with Gasteiger partial charge in [-0.2, -0.15) is 11.8 Å². The third kappa shape index (κ3) is 6.05. The van der Waals surface area contributed by atoms with Crippen molar-refractivity contribution in [1.29, 1.82) is 0 Å². The van der Waals surface area contributed by atoms with Crippen molar-refractivity contribution in [2.24, 2.45) is 5.92 Å². The smallest absolute Gasteiger partial charge is 0.220 e. The minimum atomic E-state index is 0.212. The molecule has 88 valence electrons. The number of rotatable bonds is 6. The van der Waals surface area contributed by atoms with Crippen molar-refractivity contribution in [2.75, 3.05) is 31.6 Å². The van der Waals surface area contributed by atoms with E-state index in [0.29, 0.717) is 6.42 Å². The van der Waals surface area contributed by atoms with Crippen LogP contribution in [0.4, 0.5) is 0 Å². The number of hydrogen-bond donors (Lipinski definition) is 2. The van der Waals surface area contributed by atoms with E-state index in [0.717, 1.165) is 25.4 Å². The summed E-state index contributed by atoms with van der Waals surface area (Å²) in [6.07, 6.45) is 4.12. The fraction of sp³-hybridized carbons (Fsp3) is 0.909. The summed E-state index contributed by atoms with van der Waals surface area (Å²) in [6, 6.07) is 0. The van der Waals surface area contributed by atoms with Gasteiger partial charge in [0.2, 0.25) is 5.91 Å². The van der Waals surface area contributed by atoms with Crippen LogP contribution in [0, 0.1) is 5.92 Å². The van der Waals surface area contributed by atoms with Crippen molar-refractivity contribution in [3.05, 3.63) is 0 Å². The van der Waals surface area contributed by atoms with Crippen LogP contribution in [0.2, 0.25) is 0 Å². The zero-order valence-electron chi connectivity index (χ0n) is 9.55. The summed E-state index contributed by atoms with van der Waals surface area (Å²) in [4.78, 5) is 11.4. The number of amides is 1. The summed E-state index contributed by atoms with van der Waals surface area (Å²) >= 11 is 2.03. The Morgan fingerprint density at radius 1 is 1.40 bits per heavy atom. The average molecular weight is 230 g/mol. The normalized spacial score (nSPS) is 17.7. The molecule has 0 unspecified atom stereocenters. The Hall–Kier alpha value is -0.220. The van der Waals surface area contributed by atoms with Crippen LogP contribution in [0.5, 0.6) is 0 Å². The number of thioether (sulfide) groups is 1. The molecule has 3 nitrogen and oxygen atoms in total. The molecule has 0 aromatic carbocycles. The van der Waals surface area contributed by atoms with Crippen molar-refractivity contribution in [1.82, 2.24) is 10.6 Å². The van der Waals surface area contributed by atoms with Crippen molar-refractivity contribution < 1.29 is 4.79 Å². The minimum Gasteiger partial charge on any atom is -0.356 e. The largest absolute Gasteiger partial charge is 0.356 e. The molecule has 0 radical (unpaired) electrons. The molecule has 0 atom stereocenters. The van der Waals surface area contributed by atoms with E-state index in [1.165, 1.54) is 24.3 Å². The van der Waals surface area contributed by atoms with Crippen molar-refractivity contribution in [2.45, 2.75) is 25.7 Å². The Morgan fingerprint density at radius 2 is 2.13 bits per heavy atom. The van der Waals surface area contributed by atoms with E-state index in [4.69, 9.17) is 0 Å². The van der Waals surface area contributed by atoms with E-state index in [-0.39, 0.29) is 5.91 Å². The molecule has 1 amide bonds. The monoisotopic (exact) mass is 230 g/mol. The molecule has 4 heteroatoms. The molecule has 1 aliphatic rings. The summed E-state index contributed by atoms with van der Waals surface area (Å²) < 4.78 is 0.